The molecule has 1 fully saturated rings. The second-order valence-electron chi connectivity index (χ2n) is 5.44. The van der Waals surface area contributed by atoms with E-state index in [1.807, 2.05) is 0 Å². The molecule has 1 saturated heterocycles. The molecule has 2 rings (SSSR count). The molecule has 10 heteroatoms. The number of ether oxygens (including phenoxy) is 1. The fourth-order valence-corrected chi connectivity index (χ4v) is 3.62. The van der Waals surface area contributed by atoms with Crippen molar-refractivity contribution >= 4 is 27.5 Å². The predicted molar refractivity (Wildman–Crippen MR) is 81.3 cm³/mol. The van der Waals surface area contributed by atoms with Gasteiger partial charge in [0.15, 0.2) is 5.69 Å². The van der Waals surface area contributed by atoms with Gasteiger partial charge in [0.05, 0.1) is 30.0 Å². The van der Waals surface area contributed by atoms with Crippen LogP contribution < -0.4 is 5.32 Å². The third-order valence-electron chi connectivity index (χ3n) is 3.50. The van der Waals surface area contributed by atoms with E-state index in [1.54, 1.807) is 7.05 Å². The van der Waals surface area contributed by atoms with Crippen LogP contribution in [0.2, 0.25) is 5.02 Å². The molecule has 1 aromatic heterocycles. The Balaban J connectivity index is 2.05. The Bertz CT molecular complexity index is 658. The summed E-state index contributed by atoms with van der Waals surface area (Å²) in [5, 5.41) is 6.99. The first kappa shape index (κ1) is 17.2. The van der Waals surface area contributed by atoms with Crippen LogP contribution in [0.3, 0.4) is 0 Å². The SMILES string of the molecule is CN(C)S(=O)(=O)C[C@@H]1COC[C@@H]1NC(=O)c1nn(C)cc1Cl. The summed E-state index contributed by atoms with van der Waals surface area (Å²) in [4.78, 5) is 12.2. The highest BCUT2D eigenvalue weighted by Crippen LogP contribution is 2.19. The third kappa shape index (κ3) is 3.78. The summed E-state index contributed by atoms with van der Waals surface area (Å²) in [5.41, 5.74) is 0.116. The van der Waals surface area contributed by atoms with Crippen molar-refractivity contribution in [3.63, 3.8) is 0 Å². The van der Waals surface area contributed by atoms with Crippen LogP contribution in [0, 0.1) is 5.92 Å². The highest BCUT2D eigenvalue weighted by atomic mass is 35.5. The van der Waals surface area contributed by atoms with Crippen molar-refractivity contribution in [2.75, 3.05) is 33.1 Å². The largest absolute Gasteiger partial charge is 0.379 e. The van der Waals surface area contributed by atoms with Gasteiger partial charge in [-0.3, -0.25) is 9.48 Å². The highest BCUT2D eigenvalue weighted by molar-refractivity contribution is 7.89. The molecule has 0 spiro atoms. The first-order valence-corrected chi connectivity index (χ1v) is 8.67. The summed E-state index contributed by atoms with van der Waals surface area (Å²) >= 11 is 5.93. The maximum atomic E-state index is 12.2. The molecule has 0 radical (unpaired) electrons. The van der Waals surface area contributed by atoms with E-state index < -0.39 is 15.9 Å². The van der Waals surface area contributed by atoms with Crippen LogP contribution >= 0.6 is 11.6 Å². The van der Waals surface area contributed by atoms with E-state index in [-0.39, 0.29) is 41.6 Å². The second-order valence-corrected chi connectivity index (χ2v) is 8.07. The van der Waals surface area contributed by atoms with Gasteiger partial charge in [0, 0.05) is 33.3 Å². The highest BCUT2D eigenvalue weighted by Gasteiger charge is 2.34. The average Bonchev–Trinajstić information content (AvgIpc) is 2.95. The minimum absolute atomic E-state index is 0.0824. The van der Waals surface area contributed by atoms with Crippen molar-refractivity contribution in [2.45, 2.75) is 6.04 Å². The zero-order valence-electron chi connectivity index (χ0n) is 12.6. The number of carbonyl (C=O) groups excluding carboxylic acids is 1. The number of nitrogens with one attached hydrogen (secondary N) is 1. The summed E-state index contributed by atoms with van der Waals surface area (Å²) in [6, 6.07) is -0.389. The molecule has 1 N–H and O–H groups in total. The Morgan fingerprint density at radius 3 is 2.77 bits per heavy atom. The lowest BCUT2D eigenvalue weighted by molar-refractivity contribution is 0.0920. The number of aromatic nitrogens is 2. The number of carbonyl (C=O) groups is 1. The molecule has 1 aliphatic rings. The molecule has 2 atom stereocenters. The summed E-state index contributed by atoms with van der Waals surface area (Å²) in [7, 11) is 1.25. The van der Waals surface area contributed by atoms with E-state index in [0.29, 0.717) is 0 Å². The quantitative estimate of drug-likeness (QED) is 0.787. The third-order valence-corrected chi connectivity index (χ3v) is 5.73. The molecule has 0 unspecified atom stereocenters. The maximum absolute atomic E-state index is 12.2. The first-order chi connectivity index (χ1) is 10.2. The number of rotatable bonds is 5. The zero-order chi connectivity index (χ0) is 16.5. The minimum Gasteiger partial charge on any atom is -0.379 e. The van der Waals surface area contributed by atoms with Crippen LogP contribution in [0.25, 0.3) is 0 Å². The van der Waals surface area contributed by atoms with Gasteiger partial charge in [0.25, 0.3) is 5.91 Å². The Labute approximate surface area is 134 Å². The Morgan fingerprint density at radius 2 is 2.23 bits per heavy atom. The van der Waals surface area contributed by atoms with Crippen LogP contribution in [-0.2, 0) is 21.8 Å². The van der Waals surface area contributed by atoms with Crippen molar-refractivity contribution < 1.29 is 17.9 Å². The van der Waals surface area contributed by atoms with Crippen molar-refractivity contribution in [3.05, 3.63) is 16.9 Å². The van der Waals surface area contributed by atoms with Crippen LogP contribution in [0.4, 0.5) is 0 Å². The molecule has 0 saturated carbocycles. The van der Waals surface area contributed by atoms with Crippen molar-refractivity contribution in [1.29, 1.82) is 0 Å². The maximum Gasteiger partial charge on any atom is 0.273 e. The topological polar surface area (TPSA) is 93.5 Å². The number of amides is 1. The van der Waals surface area contributed by atoms with Crippen LogP contribution in [0.5, 0.6) is 0 Å². The lowest BCUT2D eigenvalue weighted by atomic mass is 10.1. The second kappa shape index (κ2) is 6.53. The predicted octanol–water partition coefficient (Wildman–Crippen LogP) is -0.290. The number of halogens is 1. The van der Waals surface area contributed by atoms with Gasteiger partial charge in [-0.1, -0.05) is 11.6 Å². The molecule has 124 valence electrons. The summed E-state index contributed by atoms with van der Waals surface area (Å²) in [5.74, 6) is -0.826. The van der Waals surface area contributed by atoms with Gasteiger partial charge < -0.3 is 10.1 Å². The number of hydrogen-bond donors (Lipinski definition) is 1. The molecule has 0 aliphatic carbocycles. The number of nitrogens with zero attached hydrogens (tertiary/aromatic N) is 3. The standard InChI is InChI=1S/C12H19ClN4O4S/c1-16(2)22(19,20)7-8-5-21-6-10(8)14-12(18)11-9(13)4-17(3)15-11/h4,8,10H,5-7H2,1-3H3,(H,14,18)/t8-,10-/m0/s1. The van der Waals surface area contributed by atoms with Gasteiger partial charge >= 0.3 is 0 Å². The Hall–Kier alpha value is -1.16. The van der Waals surface area contributed by atoms with Crippen LogP contribution in [-0.4, -0.2) is 67.5 Å². The Kier molecular flexibility index (Phi) is 5.10. The average molecular weight is 351 g/mol. The van der Waals surface area contributed by atoms with E-state index in [4.69, 9.17) is 16.3 Å². The molecular weight excluding hydrogens is 332 g/mol. The van der Waals surface area contributed by atoms with E-state index in [9.17, 15) is 13.2 Å². The lowest BCUT2D eigenvalue weighted by Crippen LogP contribution is -2.43. The number of sulfonamides is 1. The van der Waals surface area contributed by atoms with Crippen LogP contribution in [0.15, 0.2) is 6.20 Å². The molecule has 22 heavy (non-hydrogen) atoms. The van der Waals surface area contributed by atoms with Crippen molar-refractivity contribution in [2.24, 2.45) is 13.0 Å². The van der Waals surface area contributed by atoms with Gasteiger partial charge in [-0.15, -0.1) is 0 Å². The van der Waals surface area contributed by atoms with Gasteiger partial charge in [0.2, 0.25) is 10.0 Å². The summed E-state index contributed by atoms with van der Waals surface area (Å²) < 4.78 is 31.9. The van der Waals surface area contributed by atoms with Gasteiger partial charge in [-0.25, -0.2) is 12.7 Å². The van der Waals surface area contributed by atoms with Crippen molar-refractivity contribution in [3.8, 4) is 0 Å². The molecule has 1 aliphatic heterocycles. The molecule has 8 nitrogen and oxygen atoms in total. The van der Waals surface area contributed by atoms with Crippen molar-refractivity contribution in [1.82, 2.24) is 19.4 Å². The molecule has 2 heterocycles. The number of hydrogen-bond acceptors (Lipinski definition) is 5. The van der Waals surface area contributed by atoms with E-state index in [1.165, 1.54) is 29.3 Å². The monoisotopic (exact) mass is 350 g/mol. The fraction of sp³-hybridized carbons (Fsp3) is 0.667. The Morgan fingerprint density at radius 1 is 1.55 bits per heavy atom. The molecule has 0 aromatic carbocycles. The van der Waals surface area contributed by atoms with E-state index in [0.717, 1.165) is 0 Å². The first-order valence-electron chi connectivity index (χ1n) is 6.68. The minimum atomic E-state index is -3.36. The number of aryl methyl sites for hydroxylation is 1. The lowest BCUT2D eigenvalue weighted by Gasteiger charge is -2.20. The van der Waals surface area contributed by atoms with Gasteiger partial charge in [-0.05, 0) is 0 Å². The van der Waals surface area contributed by atoms with E-state index in [2.05, 4.69) is 10.4 Å². The fourth-order valence-electron chi connectivity index (χ4n) is 2.19. The van der Waals surface area contributed by atoms with Crippen LogP contribution in [0.1, 0.15) is 10.5 Å². The molecular formula is C12H19ClN4O4S. The zero-order valence-corrected chi connectivity index (χ0v) is 14.2. The normalized spacial score (nSPS) is 22.2. The molecule has 1 amide bonds. The summed E-state index contributed by atoms with van der Waals surface area (Å²) in [6.45, 7) is 0.553. The molecule has 1 aromatic rings. The van der Waals surface area contributed by atoms with E-state index >= 15 is 0 Å². The molecule has 0 bridgehead atoms. The summed E-state index contributed by atoms with van der Waals surface area (Å²) in [6.07, 6.45) is 1.52. The van der Waals surface area contributed by atoms with Gasteiger partial charge in [-0.2, -0.15) is 5.10 Å². The van der Waals surface area contributed by atoms with Gasteiger partial charge in [0.1, 0.15) is 0 Å². The smallest absolute Gasteiger partial charge is 0.273 e.